The molecule has 6 nitrogen and oxygen atoms in total. The highest BCUT2D eigenvalue weighted by molar-refractivity contribution is 7.89. The summed E-state index contributed by atoms with van der Waals surface area (Å²) in [5.74, 6) is -0.608. The van der Waals surface area contributed by atoms with Crippen molar-refractivity contribution in [2.45, 2.75) is 23.3 Å². The molecule has 0 aromatic heterocycles. The number of carbonyl (C=O) groups is 1. The van der Waals surface area contributed by atoms with Gasteiger partial charge in [0.25, 0.3) is 5.91 Å². The van der Waals surface area contributed by atoms with E-state index in [1.165, 1.54) is 13.1 Å². The van der Waals surface area contributed by atoms with Crippen LogP contribution in [0.25, 0.3) is 0 Å². The van der Waals surface area contributed by atoms with Gasteiger partial charge in [-0.15, -0.1) is 0 Å². The van der Waals surface area contributed by atoms with Gasteiger partial charge < -0.3 is 5.32 Å². The standard InChI is InChI=1S/C12H11Cl2N3O3S/c1-16-21(19,20)10-4-7(8(13)5-9(10)14)11(18)17-12(6-15)2-3-12/h4-5,16H,2-3H2,1H3,(H,17,18). The number of nitriles is 1. The Morgan fingerprint density at radius 2 is 1.95 bits per heavy atom. The lowest BCUT2D eigenvalue weighted by molar-refractivity contribution is 0.0941. The molecule has 21 heavy (non-hydrogen) atoms. The quantitative estimate of drug-likeness (QED) is 0.865. The minimum Gasteiger partial charge on any atom is -0.334 e. The van der Waals surface area contributed by atoms with Gasteiger partial charge in [0, 0.05) is 0 Å². The summed E-state index contributed by atoms with van der Waals surface area (Å²) in [5, 5.41) is 11.4. The van der Waals surface area contributed by atoms with Crippen LogP contribution < -0.4 is 10.0 Å². The Balaban J connectivity index is 2.43. The second-order valence-corrected chi connectivity index (χ2v) is 7.29. The van der Waals surface area contributed by atoms with Crippen LogP contribution >= 0.6 is 23.2 Å². The van der Waals surface area contributed by atoms with E-state index in [1.807, 2.05) is 6.07 Å². The van der Waals surface area contributed by atoms with Crippen LogP contribution in [0.1, 0.15) is 23.2 Å². The number of amides is 1. The second kappa shape index (κ2) is 5.46. The Morgan fingerprint density at radius 3 is 2.43 bits per heavy atom. The molecule has 9 heteroatoms. The van der Waals surface area contributed by atoms with Crippen LogP contribution in [0.3, 0.4) is 0 Å². The topological polar surface area (TPSA) is 99.1 Å². The zero-order valence-electron chi connectivity index (χ0n) is 10.9. The Kier molecular flexibility index (Phi) is 4.17. The number of carbonyl (C=O) groups excluding carboxylic acids is 1. The van der Waals surface area contributed by atoms with E-state index in [-0.39, 0.29) is 20.5 Å². The maximum atomic E-state index is 12.2. The molecule has 112 valence electrons. The van der Waals surface area contributed by atoms with Crippen LogP contribution in [0.4, 0.5) is 0 Å². The molecule has 0 bridgehead atoms. The summed E-state index contributed by atoms with van der Waals surface area (Å²) in [6.45, 7) is 0. The van der Waals surface area contributed by atoms with E-state index in [0.717, 1.165) is 6.07 Å². The maximum absolute atomic E-state index is 12.2. The Morgan fingerprint density at radius 1 is 1.33 bits per heavy atom. The average molecular weight is 348 g/mol. The van der Waals surface area contributed by atoms with E-state index in [0.29, 0.717) is 12.8 Å². The summed E-state index contributed by atoms with van der Waals surface area (Å²) in [5.41, 5.74) is -0.918. The molecule has 0 aliphatic heterocycles. The van der Waals surface area contributed by atoms with Crippen molar-refractivity contribution in [3.63, 3.8) is 0 Å². The van der Waals surface area contributed by atoms with Gasteiger partial charge in [0.15, 0.2) is 0 Å². The molecule has 0 spiro atoms. The lowest BCUT2D eigenvalue weighted by atomic mass is 10.2. The summed E-state index contributed by atoms with van der Waals surface area (Å²) in [6.07, 6.45) is 1.12. The van der Waals surface area contributed by atoms with Crippen LogP contribution in [0.5, 0.6) is 0 Å². The number of benzene rings is 1. The van der Waals surface area contributed by atoms with Crippen molar-refractivity contribution in [1.82, 2.24) is 10.0 Å². The molecule has 2 N–H and O–H groups in total. The molecular weight excluding hydrogens is 337 g/mol. The third kappa shape index (κ3) is 3.14. The van der Waals surface area contributed by atoms with E-state index in [1.54, 1.807) is 0 Å². The van der Waals surface area contributed by atoms with Gasteiger partial charge in [-0.1, -0.05) is 23.2 Å². The average Bonchev–Trinajstić information content (AvgIpc) is 3.18. The molecule has 1 aromatic carbocycles. The third-order valence-corrected chi connectivity index (χ3v) is 5.33. The monoisotopic (exact) mass is 347 g/mol. The predicted octanol–water partition coefficient (Wildman–Crippen LogP) is 1.69. The van der Waals surface area contributed by atoms with Crippen molar-refractivity contribution in [2.75, 3.05) is 7.05 Å². The van der Waals surface area contributed by atoms with Crippen LogP contribution in [-0.2, 0) is 10.0 Å². The SMILES string of the molecule is CNS(=O)(=O)c1cc(C(=O)NC2(C#N)CC2)c(Cl)cc1Cl. The van der Waals surface area contributed by atoms with Crippen LogP contribution in [0.2, 0.25) is 10.0 Å². The fraction of sp³-hybridized carbons (Fsp3) is 0.333. The highest BCUT2D eigenvalue weighted by atomic mass is 35.5. The summed E-state index contributed by atoms with van der Waals surface area (Å²) in [6, 6.07) is 4.29. The van der Waals surface area contributed by atoms with Crippen molar-refractivity contribution in [3.05, 3.63) is 27.7 Å². The van der Waals surface area contributed by atoms with Crippen molar-refractivity contribution in [2.24, 2.45) is 0 Å². The molecule has 0 saturated heterocycles. The number of hydrogen-bond donors (Lipinski definition) is 2. The molecule has 2 rings (SSSR count). The Labute approximate surface area is 132 Å². The van der Waals surface area contributed by atoms with Gasteiger partial charge in [0.05, 0.1) is 21.7 Å². The van der Waals surface area contributed by atoms with Crippen LogP contribution in [-0.4, -0.2) is 26.9 Å². The molecule has 1 aliphatic carbocycles. The smallest absolute Gasteiger partial charge is 0.254 e. The molecular formula is C12H11Cl2N3O3S. The first-order chi connectivity index (χ1) is 9.74. The van der Waals surface area contributed by atoms with Crippen molar-refractivity contribution in [1.29, 1.82) is 5.26 Å². The van der Waals surface area contributed by atoms with E-state index in [2.05, 4.69) is 10.0 Å². The zero-order valence-corrected chi connectivity index (χ0v) is 13.2. The van der Waals surface area contributed by atoms with Gasteiger partial charge in [0.2, 0.25) is 10.0 Å². The summed E-state index contributed by atoms with van der Waals surface area (Å²) >= 11 is 11.8. The van der Waals surface area contributed by atoms with Gasteiger partial charge >= 0.3 is 0 Å². The first-order valence-corrected chi connectivity index (χ1v) is 8.15. The summed E-state index contributed by atoms with van der Waals surface area (Å²) < 4.78 is 25.8. The Bertz CT molecular complexity index is 752. The van der Waals surface area contributed by atoms with Gasteiger partial charge in [-0.3, -0.25) is 4.79 Å². The summed E-state index contributed by atoms with van der Waals surface area (Å²) in [4.78, 5) is 11.9. The highest BCUT2D eigenvalue weighted by Gasteiger charge is 2.45. The van der Waals surface area contributed by atoms with Crippen LogP contribution in [0.15, 0.2) is 17.0 Å². The van der Waals surface area contributed by atoms with Crippen molar-refractivity contribution < 1.29 is 13.2 Å². The molecule has 1 saturated carbocycles. The molecule has 1 aliphatic rings. The molecule has 1 amide bonds. The number of sulfonamides is 1. The van der Waals surface area contributed by atoms with E-state index >= 15 is 0 Å². The Hall–Kier alpha value is -1.33. The van der Waals surface area contributed by atoms with Crippen molar-refractivity contribution >= 4 is 39.1 Å². The molecule has 0 atom stereocenters. The number of hydrogen-bond acceptors (Lipinski definition) is 4. The fourth-order valence-corrected chi connectivity index (χ4v) is 3.28. The minimum absolute atomic E-state index is 0.0151. The van der Waals surface area contributed by atoms with Gasteiger partial charge in [0.1, 0.15) is 10.4 Å². The number of nitrogens with one attached hydrogen (secondary N) is 2. The van der Waals surface area contributed by atoms with Crippen molar-refractivity contribution in [3.8, 4) is 6.07 Å². The minimum atomic E-state index is -3.82. The third-order valence-electron chi connectivity index (χ3n) is 3.14. The first kappa shape index (κ1) is 16.0. The predicted molar refractivity (Wildman–Crippen MR) is 77.8 cm³/mol. The number of halogens is 2. The van der Waals surface area contributed by atoms with E-state index in [4.69, 9.17) is 28.5 Å². The molecule has 0 unspecified atom stereocenters. The lowest BCUT2D eigenvalue weighted by Gasteiger charge is -2.12. The van der Waals surface area contributed by atoms with E-state index in [9.17, 15) is 13.2 Å². The van der Waals surface area contributed by atoms with E-state index < -0.39 is 21.5 Å². The highest BCUT2D eigenvalue weighted by Crippen LogP contribution is 2.35. The molecule has 1 fully saturated rings. The second-order valence-electron chi connectivity index (χ2n) is 4.62. The molecule has 1 aromatic rings. The fourth-order valence-electron chi connectivity index (χ4n) is 1.69. The van der Waals surface area contributed by atoms with Gasteiger partial charge in [-0.05, 0) is 32.0 Å². The molecule has 0 radical (unpaired) electrons. The van der Waals surface area contributed by atoms with Gasteiger partial charge in [-0.2, -0.15) is 5.26 Å². The largest absolute Gasteiger partial charge is 0.334 e. The van der Waals surface area contributed by atoms with Gasteiger partial charge in [-0.25, -0.2) is 13.1 Å². The number of nitrogens with zero attached hydrogens (tertiary/aromatic N) is 1. The maximum Gasteiger partial charge on any atom is 0.254 e. The van der Waals surface area contributed by atoms with Crippen LogP contribution in [0, 0.1) is 11.3 Å². The first-order valence-electron chi connectivity index (χ1n) is 5.91. The summed E-state index contributed by atoms with van der Waals surface area (Å²) in [7, 11) is -2.59. The molecule has 0 heterocycles. The number of rotatable bonds is 4. The zero-order chi connectivity index (χ0) is 15.8. The lowest BCUT2D eigenvalue weighted by Crippen LogP contribution is -2.35. The normalized spacial score (nSPS) is 16.1.